The van der Waals surface area contributed by atoms with Crippen molar-refractivity contribution in [3.8, 4) is 0 Å². The molecule has 7 nitrogen and oxygen atoms in total. The molecule has 0 unspecified atom stereocenters. The van der Waals surface area contributed by atoms with Crippen molar-refractivity contribution in [3.05, 3.63) is 12.2 Å². The van der Waals surface area contributed by atoms with Gasteiger partial charge >= 0.3 is 6.03 Å². The second-order valence-corrected chi connectivity index (χ2v) is 7.79. The first-order valence-electron chi connectivity index (χ1n) is 9.88. The predicted molar refractivity (Wildman–Crippen MR) is 95.2 cm³/mol. The van der Waals surface area contributed by atoms with E-state index < -0.39 is 0 Å². The van der Waals surface area contributed by atoms with Crippen molar-refractivity contribution in [3.63, 3.8) is 0 Å². The molecule has 0 radical (unpaired) electrons. The Balaban J connectivity index is 1.19. The quantitative estimate of drug-likeness (QED) is 0.874. The van der Waals surface area contributed by atoms with Gasteiger partial charge in [0.15, 0.2) is 0 Å². The minimum Gasteiger partial charge on any atom is -0.336 e. The number of hydrogen-bond acceptors (Lipinski definition) is 4. The van der Waals surface area contributed by atoms with Crippen LogP contribution in [0.2, 0.25) is 0 Å². The number of urea groups is 1. The highest BCUT2D eigenvalue weighted by molar-refractivity contribution is 5.74. The highest BCUT2D eigenvalue weighted by atomic mass is 16.2. The first-order valence-corrected chi connectivity index (χ1v) is 9.88. The summed E-state index contributed by atoms with van der Waals surface area (Å²) in [4.78, 5) is 17.0. The Bertz CT molecular complexity index is 594. The van der Waals surface area contributed by atoms with Gasteiger partial charge in [-0.2, -0.15) is 0 Å². The van der Waals surface area contributed by atoms with Gasteiger partial charge in [-0.05, 0) is 31.1 Å². The van der Waals surface area contributed by atoms with E-state index in [4.69, 9.17) is 0 Å². The molecular formula is C18H30N6O. The molecule has 4 rings (SSSR count). The molecule has 1 aromatic rings. The summed E-state index contributed by atoms with van der Waals surface area (Å²) in [6, 6.07) is 0.865. The number of amides is 2. The normalized spacial score (nSPS) is 29.3. The molecule has 7 heteroatoms. The highest BCUT2D eigenvalue weighted by Crippen LogP contribution is 2.46. The lowest BCUT2D eigenvalue weighted by molar-refractivity contribution is 0.0827. The number of aryl methyl sites for hydroxylation is 1. The van der Waals surface area contributed by atoms with Crippen molar-refractivity contribution in [2.75, 3.05) is 32.7 Å². The maximum Gasteiger partial charge on any atom is 0.317 e. The van der Waals surface area contributed by atoms with Gasteiger partial charge in [0, 0.05) is 51.7 Å². The summed E-state index contributed by atoms with van der Waals surface area (Å²) in [5, 5.41) is 11.0. The maximum absolute atomic E-state index is 12.4. The number of carbonyl (C=O) groups is 1. The first-order chi connectivity index (χ1) is 12.2. The molecule has 2 bridgehead atoms. The van der Waals surface area contributed by atoms with Gasteiger partial charge in [-0.1, -0.05) is 13.3 Å². The Morgan fingerprint density at radius 1 is 1.24 bits per heavy atom. The van der Waals surface area contributed by atoms with Crippen LogP contribution in [-0.4, -0.2) is 69.4 Å². The molecule has 3 atom stereocenters. The van der Waals surface area contributed by atoms with Gasteiger partial charge in [0.05, 0.1) is 0 Å². The summed E-state index contributed by atoms with van der Waals surface area (Å²) < 4.78 is 2.01. The summed E-state index contributed by atoms with van der Waals surface area (Å²) in [5.41, 5.74) is 0. The molecule has 0 spiro atoms. The minimum absolute atomic E-state index is 0.0683. The summed E-state index contributed by atoms with van der Waals surface area (Å²) in [7, 11) is 0. The van der Waals surface area contributed by atoms with Crippen molar-refractivity contribution in [1.82, 2.24) is 29.9 Å². The Kier molecular flexibility index (Phi) is 4.92. The Morgan fingerprint density at radius 3 is 2.76 bits per heavy atom. The largest absolute Gasteiger partial charge is 0.336 e. The van der Waals surface area contributed by atoms with Crippen molar-refractivity contribution in [1.29, 1.82) is 0 Å². The molecule has 2 amide bonds. The van der Waals surface area contributed by atoms with E-state index in [2.05, 4.69) is 27.3 Å². The van der Waals surface area contributed by atoms with Crippen LogP contribution in [0.1, 0.15) is 38.4 Å². The number of rotatable bonds is 5. The van der Waals surface area contributed by atoms with E-state index in [1.807, 2.05) is 9.47 Å². The number of carbonyl (C=O) groups excluding carboxylic acids is 1. The van der Waals surface area contributed by atoms with E-state index in [1.165, 1.54) is 25.7 Å². The lowest BCUT2D eigenvalue weighted by atomic mass is 9.93. The van der Waals surface area contributed by atoms with Gasteiger partial charge in [0.25, 0.3) is 0 Å². The predicted octanol–water partition coefficient (Wildman–Crippen LogP) is 1.36. The van der Waals surface area contributed by atoms with Crippen LogP contribution in [0.3, 0.4) is 0 Å². The molecule has 1 saturated heterocycles. The molecule has 0 aromatic carbocycles. The van der Waals surface area contributed by atoms with E-state index in [0.717, 1.165) is 62.8 Å². The number of nitrogens with one attached hydrogen (secondary N) is 1. The van der Waals surface area contributed by atoms with Crippen molar-refractivity contribution in [2.45, 2.75) is 51.6 Å². The zero-order chi connectivity index (χ0) is 17.2. The lowest BCUT2D eigenvalue weighted by Crippen LogP contribution is -2.55. The molecule has 25 heavy (non-hydrogen) atoms. The van der Waals surface area contributed by atoms with Crippen molar-refractivity contribution >= 4 is 6.03 Å². The van der Waals surface area contributed by atoms with E-state index >= 15 is 0 Å². The van der Waals surface area contributed by atoms with E-state index in [0.29, 0.717) is 6.54 Å². The van der Waals surface area contributed by atoms with E-state index in [1.54, 1.807) is 6.33 Å². The van der Waals surface area contributed by atoms with Crippen molar-refractivity contribution in [2.24, 2.45) is 11.8 Å². The van der Waals surface area contributed by atoms with Crippen LogP contribution in [0.25, 0.3) is 0 Å². The first kappa shape index (κ1) is 16.8. The standard InChI is InChI=1S/C18H30N6O/c1-2-17-21-20-13-24(17)6-5-19-18(25)23-9-7-22(8-10-23)16-12-14-3-4-15(16)11-14/h13-16H,2-12H2,1H3,(H,19,25)/t14-,15-,16+/m0/s1. The van der Waals surface area contributed by atoms with Crippen LogP contribution >= 0.6 is 0 Å². The average Bonchev–Trinajstić information content (AvgIpc) is 3.38. The monoisotopic (exact) mass is 346 g/mol. The fourth-order valence-electron chi connectivity index (χ4n) is 5.05. The topological polar surface area (TPSA) is 66.3 Å². The smallest absolute Gasteiger partial charge is 0.317 e. The molecule has 1 aromatic heterocycles. The third-order valence-corrected chi connectivity index (χ3v) is 6.41. The molecule has 2 aliphatic carbocycles. The van der Waals surface area contributed by atoms with Gasteiger partial charge in [0.1, 0.15) is 12.2 Å². The third kappa shape index (κ3) is 3.52. The van der Waals surface area contributed by atoms with E-state index in [9.17, 15) is 4.79 Å². The molecule has 2 saturated carbocycles. The fourth-order valence-corrected chi connectivity index (χ4v) is 5.05. The Hall–Kier alpha value is -1.63. The van der Waals surface area contributed by atoms with E-state index in [-0.39, 0.29) is 6.03 Å². The Morgan fingerprint density at radius 2 is 2.08 bits per heavy atom. The van der Waals surface area contributed by atoms with Crippen LogP contribution in [0, 0.1) is 11.8 Å². The summed E-state index contributed by atoms with van der Waals surface area (Å²) in [6.07, 6.45) is 8.33. The zero-order valence-electron chi connectivity index (χ0n) is 15.2. The van der Waals surface area contributed by atoms with Crippen molar-refractivity contribution < 1.29 is 4.79 Å². The summed E-state index contributed by atoms with van der Waals surface area (Å²) >= 11 is 0. The Labute approximate surface area is 149 Å². The van der Waals surface area contributed by atoms with Gasteiger partial charge < -0.3 is 14.8 Å². The van der Waals surface area contributed by atoms with Crippen LogP contribution in [0.5, 0.6) is 0 Å². The fraction of sp³-hybridized carbons (Fsp3) is 0.833. The number of nitrogens with zero attached hydrogens (tertiary/aromatic N) is 5. The SMILES string of the molecule is CCc1nncn1CCNC(=O)N1CCN([C@@H]2C[C@H]3CC[C@H]2C3)CC1. The van der Waals surface area contributed by atoms with Gasteiger partial charge in [0.2, 0.25) is 0 Å². The molecule has 3 aliphatic rings. The average molecular weight is 346 g/mol. The summed E-state index contributed by atoms with van der Waals surface area (Å²) in [5.74, 6) is 2.89. The molecular weight excluding hydrogens is 316 g/mol. The minimum atomic E-state index is 0.0683. The summed E-state index contributed by atoms with van der Waals surface area (Å²) in [6.45, 7) is 7.19. The van der Waals surface area contributed by atoms with Crippen LogP contribution < -0.4 is 5.32 Å². The maximum atomic E-state index is 12.4. The third-order valence-electron chi connectivity index (χ3n) is 6.41. The second-order valence-electron chi connectivity index (χ2n) is 7.79. The molecule has 3 fully saturated rings. The zero-order valence-corrected chi connectivity index (χ0v) is 15.2. The molecule has 138 valence electrons. The van der Waals surface area contributed by atoms with Gasteiger partial charge in [-0.25, -0.2) is 4.79 Å². The number of fused-ring (bicyclic) bond motifs is 2. The molecule has 2 heterocycles. The molecule has 1 N–H and O–H groups in total. The number of piperazine rings is 1. The van der Waals surface area contributed by atoms with Crippen LogP contribution in [-0.2, 0) is 13.0 Å². The van der Waals surface area contributed by atoms with Crippen LogP contribution in [0.4, 0.5) is 4.79 Å². The van der Waals surface area contributed by atoms with Gasteiger partial charge in [-0.15, -0.1) is 10.2 Å². The lowest BCUT2D eigenvalue weighted by Gasteiger charge is -2.41. The second kappa shape index (κ2) is 7.32. The number of aromatic nitrogens is 3. The van der Waals surface area contributed by atoms with Crippen LogP contribution in [0.15, 0.2) is 6.33 Å². The number of hydrogen-bond donors (Lipinski definition) is 1. The van der Waals surface area contributed by atoms with Gasteiger partial charge in [-0.3, -0.25) is 4.90 Å². The molecule has 1 aliphatic heterocycles. The highest BCUT2D eigenvalue weighted by Gasteiger charge is 2.42.